The van der Waals surface area contributed by atoms with E-state index in [2.05, 4.69) is 30.4 Å². The fourth-order valence-electron chi connectivity index (χ4n) is 3.67. The van der Waals surface area contributed by atoms with Crippen LogP contribution in [0.15, 0.2) is 24.3 Å². The topological polar surface area (TPSA) is 35.8 Å². The van der Waals surface area contributed by atoms with Gasteiger partial charge in [0.1, 0.15) is 0 Å². The van der Waals surface area contributed by atoms with Crippen LogP contribution in [-0.2, 0) is 0 Å². The van der Waals surface area contributed by atoms with Crippen LogP contribution in [0.25, 0.3) is 0 Å². The Hall–Kier alpha value is -1.33. The molecule has 2 nitrogen and oxygen atoms in total. The molecule has 0 amide bonds. The lowest BCUT2D eigenvalue weighted by Crippen LogP contribution is -2.36. The molecular weight excluding hydrogens is 244 g/mol. The highest BCUT2D eigenvalue weighted by Crippen LogP contribution is 2.44. The molecule has 2 aliphatic carbocycles. The summed E-state index contributed by atoms with van der Waals surface area (Å²) in [6.45, 7) is 2.24. The molecule has 2 heteroatoms. The lowest BCUT2D eigenvalue weighted by molar-refractivity contribution is 0.249. The molecule has 3 rings (SSSR count). The van der Waals surface area contributed by atoms with Crippen LogP contribution in [0.1, 0.15) is 62.6 Å². The summed E-state index contributed by atoms with van der Waals surface area (Å²) in [5.41, 5.74) is 2.03. The lowest BCUT2D eigenvalue weighted by Gasteiger charge is -2.32. The molecule has 3 unspecified atom stereocenters. The molecule has 1 N–H and O–H groups in total. The lowest BCUT2D eigenvalue weighted by atomic mass is 9.82. The van der Waals surface area contributed by atoms with Crippen molar-refractivity contribution < 1.29 is 0 Å². The van der Waals surface area contributed by atoms with Gasteiger partial charge in [0.05, 0.1) is 11.6 Å². The van der Waals surface area contributed by atoms with Gasteiger partial charge >= 0.3 is 0 Å². The number of nitrogens with one attached hydrogen (secondary N) is 1. The molecule has 0 saturated heterocycles. The molecule has 1 aromatic carbocycles. The fraction of sp³-hybridized carbons (Fsp3) is 0.611. The quantitative estimate of drug-likeness (QED) is 0.889. The number of nitrogens with zero attached hydrogens (tertiary/aromatic N) is 1. The van der Waals surface area contributed by atoms with Gasteiger partial charge in [0.15, 0.2) is 0 Å². The highest BCUT2D eigenvalue weighted by Gasteiger charge is 2.34. The van der Waals surface area contributed by atoms with Gasteiger partial charge in [-0.3, -0.25) is 0 Å². The summed E-state index contributed by atoms with van der Waals surface area (Å²) >= 11 is 0. The molecule has 0 spiro atoms. The third-order valence-electron chi connectivity index (χ3n) is 5.03. The van der Waals surface area contributed by atoms with Crippen LogP contribution in [0.3, 0.4) is 0 Å². The standard InChI is InChI=1S/C18H24N2/c1-13(15-7-5-14(12-19)6-8-15)20-18-4-2-3-17(11-18)16-9-10-16/h5-8,13,16-18,20H,2-4,9-11H2,1H3. The summed E-state index contributed by atoms with van der Waals surface area (Å²) < 4.78 is 0. The average Bonchev–Trinajstić information content (AvgIpc) is 3.32. The first kappa shape index (κ1) is 13.6. The zero-order chi connectivity index (χ0) is 13.9. The second-order valence-corrected chi connectivity index (χ2v) is 6.58. The summed E-state index contributed by atoms with van der Waals surface area (Å²) in [7, 11) is 0. The van der Waals surface area contributed by atoms with Gasteiger partial charge in [-0.2, -0.15) is 5.26 Å². The summed E-state index contributed by atoms with van der Waals surface area (Å²) in [5.74, 6) is 2.03. The maximum atomic E-state index is 8.85. The molecule has 0 radical (unpaired) electrons. The number of hydrogen-bond acceptors (Lipinski definition) is 2. The van der Waals surface area contributed by atoms with Crippen LogP contribution < -0.4 is 5.32 Å². The van der Waals surface area contributed by atoms with Crippen LogP contribution in [0.2, 0.25) is 0 Å². The Kier molecular flexibility index (Phi) is 4.08. The van der Waals surface area contributed by atoms with Gasteiger partial charge in [0.2, 0.25) is 0 Å². The smallest absolute Gasteiger partial charge is 0.0991 e. The molecule has 3 atom stereocenters. The van der Waals surface area contributed by atoms with Crippen molar-refractivity contribution in [2.75, 3.05) is 0 Å². The van der Waals surface area contributed by atoms with Crippen LogP contribution in [0.5, 0.6) is 0 Å². The van der Waals surface area contributed by atoms with Gasteiger partial charge in [-0.05, 0) is 62.1 Å². The Bertz CT molecular complexity index is 481. The van der Waals surface area contributed by atoms with Crippen molar-refractivity contribution in [3.8, 4) is 6.07 Å². The van der Waals surface area contributed by atoms with E-state index in [4.69, 9.17) is 5.26 Å². The zero-order valence-electron chi connectivity index (χ0n) is 12.3. The van der Waals surface area contributed by atoms with Crippen molar-refractivity contribution in [2.24, 2.45) is 11.8 Å². The zero-order valence-corrected chi connectivity index (χ0v) is 12.3. The van der Waals surface area contributed by atoms with Crippen molar-refractivity contribution in [3.63, 3.8) is 0 Å². The van der Waals surface area contributed by atoms with E-state index in [0.717, 1.165) is 17.4 Å². The van der Waals surface area contributed by atoms with Crippen LogP contribution >= 0.6 is 0 Å². The van der Waals surface area contributed by atoms with Gasteiger partial charge in [-0.1, -0.05) is 25.0 Å². The summed E-state index contributed by atoms with van der Waals surface area (Å²) in [6.07, 6.45) is 8.48. The van der Waals surface area contributed by atoms with E-state index in [1.807, 2.05) is 12.1 Å². The molecule has 1 aromatic rings. The molecule has 20 heavy (non-hydrogen) atoms. The van der Waals surface area contributed by atoms with Crippen molar-refractivity contribution in [1.29, 1.82) is 5.26 Å². The molecule has 106 valence electrons. The SMILES string of the molecule is CC(NC1CCCC(C2CC2)C1)c1ccc(C#N)cc1. The minimum Gasteiger partial charge on any atom is -0.307 e. The molecule has 2 fully saturated rings. The van der Waals surface area contributed by atoms with Crippen molar-refractivity contribution in [1.82, 2.24) is 5.32 Å². The van der Waals surface area contributed by atoms with Crippen LogP contribution in [-0.4, -0.2) is 6.04 Å². The monoisotopic (exact) mass is 268 g/mol. The highest BCUT2D eigenvalue weighted by molar-refractivity contribution is 5.32. The van der Waals surface area contributed by atoms with E-state index in [1.54, 1.807) is 0 Å². The average molecular weight is 268 g/mol. The normalized spacial score (nSPS) is 27.8. The van der Waals surface area contributed by atoms with Gasteiger partial charge in [0.25, 0.3) is 0 Å². The van der Waals surface area contributed by atoms with Gasteiger partial charge in [-0.25, -0.2) is 0 Å². The maximum Gasteiger partial charge on any atom is 0.0991 e. The van der Waals surface area contributed by atoms with Crippen molar-refractivity contribution in [3.05, 3.63) is 35.4 Å². The fourth-order valence-corrected chi connectivity index (χ4v) is 3.67. The molecule has 2 saturated carbocycles. The van der Waals surface area contributed by atoms with Gasteiger partial charge in [0, 0.05) is 12.1 Å². The van der Waals surface area contributed by atoms with E-state index in [-0.39, 0.29) is 0 Å². The first-order valence-electron chi connectivity index (χ1n) is 8.02. The third-order valence-corrected chi connectivity index (χ3v) is 5.03. The first-order valence-corrected chi connectivity index (χ1v) is 8.02. The number of rotatable bonds is 4. The second kappa shape index (κ2) is 5.97. The van der Waals surface area contributed by atoms with E-state index in [1.165, 1.54) is 44.1 Å². The molecule has 0 aliphatic heterocycles. The van der Waals surface area contributed by atoms with Crippen LogP contribution in [0, 0.1) is 23.2 Å². The summed E-state index contributed by atoms with van der Waals surface area (Å²) in [4.78, 5) is 0. The van der Waals surface area contributed by atoms with Crippen molar-refractivity contribution >= 4 is 0 Å². The Morgan fingerprint density at radius 3 is 2.50 bits per heavy atom. The van der Waals surface area contributed by atoms with E-state index < -0.39 is 0 Å². The Morgan fingerprint density at radius 1 is 1.10 bits per heavy atom. The summed E-state index contributed by atoms with van der Waals surface area (Å²) in [5, 5.41) is 12.7. The number of benzene rings is 1. The molecule has 0 aromatic heterocycles. The van der Waals surface area contributed by atoms with Crippen LogP contribution in [0.4, 0.5) is 0 Å². The minimum atomic E-state index is 0.380. The first-order chi connectivity index (χ1) is 9.76. The molecule has 0 heterocycles. The summed E-state index contributed by atoms with van der Waals surface area (Å²) in [6, 6.07) is 11.2. The molecular formula is C18H24N2. The van der Waals surface area contributed by atoms with E-state index in [9.17, 15) is 0 Å². The number of nitriles is 1. The Morgan fingerprint density at radius 2 is 1.85 bits per heavy atom. The largest absolute Gasteiger partial charge is 0.307 e. The predicted octanol–water partition coefficient (Wildman–Crippen LogP) is 4.18. The maximum absolute atomic E-state index is 8.85. The van der Waals surface area contributed by atoms with Gasteiger partial charge < -0.3 is 5.32 Å². The third kappa shape index (κ3) is 3.22. The Balaban J connectivity index is 1.57. The molecule has 0 bridgehead atoms. The minimum absolute atomic E-state index is 0.380. The molecule has 2 aliphatic rings. The Labute approximate surface area is 122 Å². The second-order valence-electron chi connectivity index (χ2n) is 6.58. The van der Waals surface area contributed by atoms with Gasteiger partial charge in [-0.15, -0.1) is 0 Å². The highest BCUT2D eigenvalue weighted by atomic mass is 14.9. The van der Waals surface area contributed by atoms with E-state index >= 15 is 0 Å². The van der Waals surface area contributed by atoms with Crippen molar-refractivity contribution in [2.45, 2.75) is 57.5 Å². The predicted molar refractivity (Wildman–Crippen MR) is 81.2 cm³/mol. The number of hydrogen-bond donors (Lipinski definition) is 1. The van der Waals surface area contributed by atoms with E-state index in [0.29, 0.717) is 12.1 Å².